The van der Waals surface area contributed by atoms with Gasteiger partial charge in [-0.05, 0) is 30.7 Å². The van der Waals surface area contributed by atoms with Crippen molar-refractivity contribution < 1.29 is 13.5 Å². The number of hydrogen-bond donors (Lipinski definition) is 2. The number of thiophene rings is 1. The Morgan fingerprint density at radius 3 is 2.56 bits per heavy atom. The summed E-state index contributed by atoms with van der Waals surface area (Å²) >= 11 is 1.06. The monoisotopic (exact) mass is 283 g/mol. The fourth-order valence-electron chi connectivity index (χ4n) is 1.47. The Hall–Kier alpha value is -1.37. The molecule has 0 amide bonds. The minimum Gasteiger partial charge on any atom is -0.391 e. The van der Waals surface area contributed by atoms with Crippen molar-refractivity contribution in [3.8, 4) is 0 Å². The molecule has 2 aromatic rings. The molecule has 0 bridgehead atoms. The molecule has 1 aromatic carbocycles. The van der Waals surface area contributed by atoms with Crippen LogP contribution in [0.1, 0.15) is 10.4 Å². The van der Waals surface area contributed by atoms with Crippen LogP contribution in [-0.2, 0) is 16.6 Å². The smallest absolute Gasteiger partial charge is 0.271 e. The molecule has 0 saturated heterocycles. The maximum absolute atomic E-state index is 12.1. The summed E-state index contributed by atoms with van der Waals surface area (Å²) in [6, 6.07) is 10.3. The summed E-state index contributed by atoms with van der Waals surface area (Å²) in [6.07, 6.45) is 0. The molecule has 4 nitrogen and oxygen atoms in total. The van der Waals surface area contributed by atoms with E-state index in [1.807, 2.05) is 19.1 Å². The molecule has 1 heterocycles. The predicted molar refractivity (Wildman–Crippen MR) is 72.2 cm³/mol. The number of aliphatic hydroxyl groups excluding tert-OH is 1. The summed E-state index contributed by atoms with van der Waals surface area (Å²) in [5, 5.41) is 8.95. The molecule has 2 N–H and O–H groups in total. The number of aryl methyl sites for hydroxylation is 1. The van der Waals surface area contributed by atoms with E-state index < -0.39 is 10.0 Å². The number of sulfonamides is 1. The third-order valence-corrected chi connectivity index (χ3v) is 5.37. The molecule has 0 unspecified atom stereocenters. The van der Waals surface area contributed by atoms with Crippen LogP contribution in [0, 0.1) is 6.92 Å². The fourth-order valence-corrected chi connectivity index (χ4v) is 3.82. The highest BCUT2D eigenvalue weighted by atomic mass is 32.2. The van der Waals surface area contributed by atoms with Gasteiger partial charge in [-0.3, -0.25) is 4.72 Å². The molecule has 2 rings (SSSR count). The van der Waals surface area contributed by atoms with Crippen molar-refractivity contribution >= 4 is 27.0 Å². The van der Waals surface area contributed by atoms with Gasteiger partial charge in [0.15, 0.2) is 0 Å². The Bertz CT molecular complexity index is 647. The molecule has 0 fully saturated rings. The maximum Gasteiger partial charge on any atom is 0.271 e. The van der Waals surface area contributed by atoms with Crippen molar-refractivity contribution in [2.45, 2.75) is 17.7 Å². The van der Waals surface area contributed by atoms with E-state index in [0.717, 1.165) is 16.9 Å². The van der Waals surface area contributed by atoms with Crippen molar-refractivity contribution in [2.24, 2.45) is 0 Å². The molecule has 0 aliphatic carbocycles. The molecule has 0 radical (unpaired) electrons. The zero-order valence-corrected chi connectivity index (χ0v) is 11.4. The third-order valence-electron chi connectivity index (χ3n) is 2.45. The van der Waals surface area contributed by atoms with Crippen molar-refractivity contribution in [2.75, 3.05) is 4.72 Å². The number of rotatable bonds is 4. The minimum atomic E-state index is -3.57. The van der Waals surface area contributed by atoms with Crippen molar-refractivity contribution in [3.63, 3.8) is 0 Å². The summed E-state index contributed by atoms with van der Waals surface area (Å²) in [7, 11) is -3.57. The van der Waals surface area contributed by atoms with Crippen molar-refractivity contribution in [1.29, 1.82) is 0 Å². The lowest BCUT2D eigenvalue weighted by molar-refractivity contribution is 0.285. The van der Waals surface area contributed by atoms with Crippen LogP contribution < -0.4 is 4.72 Å². The second-order valence-corrected chi connectivity index (χ2v) is 6.88. The molecule has 0 spiro atoms. The summed E-state index contributed by atoms with van der Waals surface area (Å²) in [4.78, 5) is 0.625. The Labute approximate surface area is 110 Å². The van der Waals surface area contributed by atoms with Gasteiger partial charge in [0.1, 0.15) is 4.21 Å². The second-order valence-electron chi connectivity index (χ2n) is 3.80. The first kappa shape index (κ1) is 13.1. The Balaban J connectivity index is 2.30. The Kier molecular flexibility index (Phi) is 3.70. The predicted octanol–water partition coefficient (Wildman–Crippen LogP) is 2.35. The van der Waals surface area contributed by atoms with E-state index in [1.54, 1.807) is 18.2 Å². The molecule has 0 atom stereocenters. The van der Waals surface area contributed by atoms with E-state index in [2.05, 4.69) is 4.72 Å². The molecule has 96 valence electrons. The fraction of sp³-hybridized carbons (Fsp3) is 0.167. The van der Waals surface area contributed by atoms with Gasteiger partial charge in [-0.15, -0.1) is 11.3 Å². The first-order chi connectivity index (χ1) is 8.53. The zero-order chi connectivity index (χ0) is 13.2. The molecular formula is C12H13NO3S2. The quantitative estimate of drug-likeness (QED) is 0.905. The van der Waals surface area contributed by atoms with Gasteiger partial charge in [-0.25, -0.2) is 8.42 Å². The van der Waals surface area contributed by atoms with E-state index in [1.165, 1.54) is 6.07 Å². The SMILES string of the molecule is Cc1ccccc1NS(=O)(=O)c1ccc(CO)s1. The maximum atomic E-state index is 12.1. The average molecular weight is 283 g/mol. The second kappa shape index (κ2) is 5.09. The molecular weight excluding hydrogens is 270 g/mol. The number of benzene rings is 1. The van der Waals surface area contributed by atoms with Crippen LogP contribution in [0.2, 0.25) is 0 Å². The van der Waals surface area contributed by atoms with E-state index in [4.69, 9.17) is 5.11 Å². The summed E-state index contributed by atoms with van der Waals surface area (Å²) < 4.78 is 26.9. The minimum absolute atomic E-state index is 0.148. The summed E-state index contributed by atoms with van der Waals surface area (Å²) in [5.41, 5.74) is 1.43. The first-order valence-electron chi connectivity index (χ1n) is 5.31. The van der Waals surface area contributed by atoms with Crippen molar-refractivity contribution in [3.05, 3.63) is 46.8 Å². The summed E-state index contributed by atoms with van der Waals surface area (Å²) in [5.74, 6) is 0. The van der Waals surface area contributed by atoms with Gasteiger partial charge in [0.2, 0.25) is 0 Å². The molecule has 1 aromatic heterocycles. The molecule has 6 heteroatoms. The highest BCUT2D eigenvalue weighted by Crippen LogP contribution is 2.25. The van der Waals surface area contributed by atoms with Gasteiger partial charge >= 0.3 is 0 Å². The third kappa shape index (κ3) is 2.72. The van der Waals surface area contributed by atoms with Crippen LogP contribution in [0.4, 0.5) is 5.69 Å². The number of anilines is 1. The Morgan fingerprint density at radius 1 is 1.22 bits per heavy atom. The molecule has 0 aliphatic heterocycles. The average Bonchev–Trinajstić information content (AvgIpc) is 2.81. The van der Waals surface area contributed by atoms with Gasteiger partial charge in [0, 0.05) is 4.88 Å². The van der Waals surface area contributed by atoms with E-state index in [0.29, 0.717) is 10.6 Å². The summed E-state index contributed by atoms with van der Waals surface area (Å²) in [6.45, 7) is 1.69. The molecule has 18 heavy (non-hydrogen) atoms. The van der Waals surface area contributed by atoms with Gasteiger partial charge in [0.05, 0.1) is 12.3 Å². The zero-order valence-electron chi connectivity index (χ0n) is 9.75. The van der Waals surface area contributed by atoms with E-state index in [-0.39, 0.29) is 10.8 Å². The highest BCUT2D eigenvalue weighted by molar-refractivity contribution is 7.94. The van der Waals surface area contributed by atoms with E-state index >= 15 is 0 Å². The molecule has 0 aliphatic rings. The van der Waals surface area contributed by atoms with Crippen LogP contribution in [-0.4, -0.2) is 13.5 Å². The van der Waals surface area contributed by atoms with Crippen LogP contribution >= 0.6 is 11.3 Å². The number of para-hydroxylation sites is 1. The van der Waals surface area contributed by atoms with Crippen molar-refractivity contribution in [1.82, 2.24) is 0 Å². The van der Waals surface area contributed by atoms with Gasteiger partial charge in [-0.1, -0.05) is 18.2 Å². The normalized spacial score (nSPS) is 11.4. The topological polar surface area (TPSA) is 66.4 Å². The van der Waals surface area contributed by atoms with Gasteiger partial charge < -0.3 is 5.11 Å². The molecule has 0 saturated carbocycles. The van der Waals surface area contributed by atoms with Crippen LogP contribution in [0.15, 0.2) is 40.6 Å². The lowest BCUT2D eigenvalue weighted by Crippen LogP contribution is -2.12. The van der Waals surface area contributed by atoms with Crippen LogP contribution in [0.3, 0.4) is 0 Å². The highest BCUT2D eigenvalue weighted by Gasteiger charge is 2.17. The standard InChI is InChI=1S/C12H13NO3S2/c1-9-4-2-3-5-11(9)13-18(15,16)12-7-6-10(8-14)17-12/h2-7,13-14H,8H2,1H3. The number of aliphatic hydroxyl groups is 1. The van der Waals surface area contributed by atoms with Gasteiger partial charge in [0.25, 0.3) is 10.0 Å². The van der Waals surface area contributed by atoms with Crippen LogP contribution in [0.5, 0.6) is 0 Å². The lowest BCUT2D eigenvalue weighted by Gasteiger charge is -2.08. The van der Waals surface area contributed by atoms with E-state index in [9.17, 15) is 8.42 Å². The number of hydrogen-bond acceptors (Lipinski definition) is 4. The van der Waals surface area contributed by atoms with Crippen LogP contribution in [0.25, 0.3) is 0 Å². The number of nitrogens with one attached hydrogen (secondary N) is 1. The Morgan fingerprint density at radius 2 is 1.94 bits per heavy atom. The lowest BCUT2D eigenvalue weighted by atomic mass is 10.2. The largest absolute Gasteiger partial charge is 0.391 e. The van der Waals surface area contributed by atoms with Gasteiger partial charge in [-0.2, -0.15) is 0 Å². The first-order valence-corrected chi connectivity index (χ1v) is 7.61.